The van der Waals surface area contributed by atoms with Crippen molar-refractivity contribution in [1.29, 1.82) is 0 Å². The Morgan fingerprint density at radius 1 is 1.14 bits per heavy atom. The van der Waals surface area contributed by atoms with Gasteiger partial charge in [0.05, 0.1) is 0 Å². The second-order valence-electron chi connectivity index (χ2n) is 3.09. The van der Waals surface area contributed by atoms with E-state index < -0.39 is 0 Å². The van der Waals surface area contributed by atoms with Crippen LogP contribution in [0.3, 0.4) is 0 Å². The fourth-order valence-corrected chi connectivity index (χ4v) is 2.87. The van der Waals surface area contributed by atoms with Crippen LogP contribution in [0.1, 0.15) is 25.7 Å². The van der Waals surface area contributed by atoms with E-state index in [1.165, 1.54) is 25.7 Å². The molecule has 0 aromatic heterocycles. The van der Waals surface area contributed by atoms with Crippen molar-refractivity contribution < 1.29 is 34.9 Å². The summed E-state index contributed by atoms with van der Waals surface area (Å²) in [4.78, 5) is 0. The Balaban J connectivity index is 0.000000379. The Bertz CT molecular complexity index is 209. The summed E-state index contributed by atoms with van der Waals surface area (Å²) in [6, 6.07) is 0. The van der Waals surface area contributed by atoms with Gasteiger partial charge in [-0.05, 0) is 0 Å². The van der Waals surface area contributed by atoms with E-state index >= 15 is 0 Å². The van der Waals surface area contributed by atoms with Crippen molar-refractivity contribution in [3.05, 3.63) is 23.3 Å². The Labute approximate surface area is 102 Å². The first-order valence-corrected chi connectivity index (χ1v) is 6.23. The average molecular weight is 272 g/mol. The Hall–Kier alpha value is 0.283. The summed E-state index contributed by atoms with van der Waals surface area (Å²) in [5, 5.41) is 16.5. The third-order valence-corrected chi connectivity index (χ3v) is 3.75. The number of allylic oxidation sites excluding steroid dienone is 4. The van der Waals surface area contributed by atoms with Crippen LogP contribution in [0.15, 0.2) is 23.3 Å². The summed E-state index contributed by atoms with van der Waals surface area (Å²) in [6.07, 6.45) is 10.3. The van der Waals surface area contributed by atoms with Gasteiger partial charge in [-0.2, -0.15) is 14.2 Å². The SMILES string of the molecule is C[O-].C[O-].[Zr+2][CH]1C=CC2=C1CCCC2. The first-order chi connectivity index (χ1) is 6.88. The van der Waals surface area contributed by atoms with E-state index in [-0.39, 0.29) is 0 Å². The average Bonchev–Trinajstić information content (AvgIpc) is 2.67. The van der Waals surface area contributed by atoms with Crippen LogP contribution in [-0.2, 0) is 24.7 Å². The van der Waals surface area contributed by atoms with E-state index in [0.29, 0.717) is 0 Å². The molecule has 0 fully saturated rings. The maximum absolute atomic E-state index is 8.25. The fourth-order valence-electron chi connectivity index (χ4n) is 1.83. The summed E-state index contributed by atoms with van der Waals surface area (Å²) in [5.41, 5.74) is 3.44. The second kappa shape index (κ2) is 8.58. The zero-order chi connectivity index (χ0) is 11.0. The zero-order valence-corrected chi connectivity index (χ0v) is 11.3. The van der Waals surface area contributed by atoms with Gasteiger partial charge in [0.2, 0.25) is 0 Å². The van der Waals surface area contributed by atoms with Crippen molar-refractivity contribution in [2.24, 2.45) is 0 Å². The molecule has 1 unspecified atom stereocenters. The monoisotopic (exact) mass is 271 g/mol. The normalized spacial score (nSPS) is 23.1. The van der Waals surface area contributed by atoms with Crippen LogP contribution in [0.25, 0.3) is 0 Å². The van der Waals surface area contributed by atoms with Gasteiger partial charge in [-0.15, -0.1) is 0 Å². The van der Waals surface area contributed by atoms with Gasteiger partial charge in [0.1, 0.15) is 0 Å². The van der Waals surface area contributed by atoms with E-state index in [1.807, 2.05) is 0 Å². The minimum absolute atomic E-state index is 0.750. The molecule has 14 heavy (non-hydrogen) atoms. The van der Waals surface area contributed by atoms with Crippen molar-refractivity contribution in [1.82, 2.24) is 0 Å². The molecule has 0 saturated heterocycles. The molecule has 2 nitrogen and oxygen atoms in total. The quantitative estimate of drug-likeness (QED) is 0.652. The first-order valence-electron chi connectivity index (χ1n) is 4.81. The van der Waals surface area contributed by atoms with Crippen molar-refractivity contribution in [2.45, 2.75) is 29.3 Å². The van der Waals surface area contributed by atoms with Gasteiger partial charge in [-0.3, -0.25) is 0 Å². The molecular formula is C11H17O2Zr. The van der Waals surface area contributed by atoms with Gasteiger partial charge < -0.3 is 10.2 Å². The van der Waals surface area contributed by atoms with Gasteiger partial charge in [-0.25, -0.2) is 0 Å². The fraction of sp³-hybridized carbons (Fsp3) is 0.636. The summed E-state index contributed by atoms with van der Waals surface area (Å²) in [6.45, 7) is 0. The predicted octanol–water partition coefficient (Wildman–Crippen LogP) is 0.715. The molecule has 0 N–H and O–H groups in total. The van der Waals surface area contributed by atoms with E-state index in [4.69, 9.17) is 10.2 Å². The van der Waals surface area contributed by atoms with Crippen molar-refractivity contribution in [3.8, 4) is 0 Å². The third kappa shape index (κ3) is 3.80. The molecule has 2 aliphatic rings. The molecule has 77 valence electrons. The van der Waals surface area contributed by atoms with E-state index in [1.54, 1.807) is 35.9 Å². The molecule has 0 radical (unpaired) electrons. The molecule has 0 saturated carbocycles. The molecule has 0 bridgehead atoms. The molecule has 2 rings (SSSR count). The summed E-state index contributed by atoms with van der Waals surface area (Å²) < 4.78 is 0.850. The van der Waals surface area contributed by atoms with Crippen LogP contribution in [0, 0.1) is 0 Å². The van der Waals surface area contributed by atoms with Crippen molar-refractivity contribution in [3.63, 3.8) is 0 Å². The Kier molecular flexibility index (Phi) is 8.75. The summed E-state index contributed by atoms with van der Waals surface area (Å²) >= 11 is 1.67. The number of hydrogen-bond acceptors (Lipinski definition) is 2. The molecule has 0 aromatic rings. The van der Waals surface area contributed by atoms with Gasteiger partial charge >= 0.3 is 77.3 Å². The van der Waals surface area contributed by atoms with Crippen LogP contribution >= 0.6 is 0 Å². The molecular weight excluding hydrogens is 255 g/mol. The minimum atomic E-state index is 0.750. The summed E-state index contributed by atoms with van der Waals surface area (Å²) in [5.74, 6) is 0. The van der Waals surface area contributed by atoms with Crippen LogP contribution < -0.4 is 10.2 Å². The van der Waals surface area contributed by atoms with Gasteiger partial charge in [-0.1, -0.05) is 0 Å². The van der Waals surface area contributed by atoms with Crippen LogP contribution in [0.4, 0.5) is 0 Å². The summed E-state index contributed by atoms with van der Waals surface area (Å²) in [7, 11) is 1.50. The van der Waals surface area contributed by atoms with Crippen molar-refractivity contribution >= 4 is 0 Å². The molecule has 0 heterocycles. The second-order valence-corrected chi connectivity index (χ2v) is 4.62. The van der Waals surface area contributed by atoms with Crippen LogP contribution in [0.2, 0.25) is 3.63 Å². The van der Waals surface area contributed by atoms with E-state index in [0.717, 1.165) is 17.8 Å². The van der Waals surface area contributed by atoms with Gasteiger partial charge in [0, 0.05) is 0 Å². The van der Waals surface area contributed by atoms with Crippen molar-refractivity contribution in [2.75, 3.05) is 14.2 Å². The van der Waals surface area contributed by atoms with Gasteiger partial charge in [0.25, 0.3) is 0 Å². The molecule has 0 aliphatic heterocycles. The predicted molar refractivity (Wildman–Crippen MR) is 50.2 cm³/mol. The van der Waals surface area contributed by atoms with Crippen LogP contribution in [-0.4, -0.2) is 14.2 Å². The van der Waals surface area contributed by atoms with E-state index in [9.17, 15) is 0 Å². The zero-order valence-electron chi connectivity index (χ0n) is 8.88. The Morgan fingerprint density at radius 3 is 2.29 bits per heavy atom. The molecule has 0 aromatic carbocycles. The van der Waals surface area contributed by atoms with Gasteiger partial charge in [0.15, 0.2) is 0 Å². The molecule has 1 atom stereocenters. The van der Waals surface area contributed by atoms with E-state index in [2.05, 4.69) is 12.2 Å². The van der Waals surface area contributed by atoms with Crippen LogP contribution in [0.5, 0.6) is 0 Å². The Morgan fingerprint density at radius 2 is 1.71 bits per heavy atom. The molecule has 0 amide bonds. The third-order valence-electron chi connectivity index (χ3n) is 2.42. The molecule has 3 heteroatoms. The number of hydrogen-bond donors (Lipinski definition) is 0. The maximum atomic E-state index is 8.25. The topological polar surface area (TPSA) is 46.1 Å². The number of rotatable bonds is 0. The first kappa shape index (κ1) is 14.3. The molecule has 2 aliphatic carbocycles. The molecule has 0 spiro atoms. The standard InChI is InChI=1S/C9H11.2CH3O.Zr/c1-2-5-9-7-3-6-8(9)4-1;2*1-2;/h3,6-7H,1-2,4-5H2;2*1H3;/q;2*-1;+2.